The molecule has 0 aliphatic carbocycles. The van der Waals surface area contributed by atoms with Gasteiger partial charge in [-0.15, -0.1) is 0 Å². The Balaban J connectivity index is 2.07. The SMILES string of the molecule is CC(C)(C)OC(=O)N1CCC(C(=O)c2cc(F)c(F)c(F)c2)C1. The number of nitrogens with zero attached hydrogens (tertiary/aromatic N) is 1. The molecule has 1 unspecified atom stereocenters. The fourth-order valence-electron chi connectivity index (χ4n) is 2.40. The van der Waals surface area contributed by atoms with Crippen LogP contribution in [0.4, 0.5) is 18.0 Å². The Morgan fingerprint density at radius 2 is 1.74 bits per heavy atom. The summed E-state index contributed by atoms with van der Waals surface area (Å²) in [5.74, 6) is -5.53. The van der Waals surface area contributed by atoms with Crippen LogP contribution in [0.5, 0.6) is 0 Å². The highest BCUT2D eigenvalue weighted by molar-refractivity contribution is 5.98. The molecular formula is C16H18F3NO3. The van der Waals surface area contributed by atoms with Crippen molar-refractivity contribution in [3.05, 3.63) is 35.1 Å². The molecule has 0 bridgehead atoms. The number of halogens is 3. The number of Topliss-reactive ketones (excluding diaryl/α,β-unsaturated/α-hetero) is 1. The fraction of sp³-hybridized carbons (Fsp3) is 0.500. The summed E-state index contributed by atoms with van der Waals surface area (Å²) in [7, 11) is 0. The second-order valence-electron chi connectivity index (χ2n) is 6.53. The molecule has 1 heterocycles. The van der Waals surface area contributed by atoms with Gasteiger partial charge in [-0.05, 0) is 39.3 Å². The zero-order valence-corrected chi connectivity index (χ0v) is 13.2. The Morgan fingerprint density at radius 3 is 2.26 bits per heavy atom. The molecule has 1 aromatic rings. The molecule has 1 amide bonds. The van der Waals surface area contributed by atoms with Crippen LogP contribution in [0, 0.1) is 23.4 Å². The molecule has 126 valence electrons. The summed E-state index contributed by atoms with van der Waals surface area (Å²) in [4.78, 5) is 25.6. The van der Waals surface area contributed by atoms with E-state index >= 15 is 0 Å². The number of likely N-dealkylation sites (tertiary alicyclic amines) is 1. The van der Waals surface area contributed by atoms with Gasteiger partial charge in [0, 0.05) is 24.6 Å². The fourth-order valence-corrected chi connectivity index (χ4v) is 2.40. The highest BCUT2D eigenvalue weighted by Crippen LogP contribution is 2.24. The summed E-state index contributed by atoms with van der Waals surface area (Å²) in [5, 5.41) is 0. The average molecular weight is 329 g/mol. The van der Waals surface area contributed by atoms with E-state index in [9.17, 15) is 22.8 Å². The van der Waals surface area contributed by atoms with E-state index in [0.717, 1.165) is 0 Å². The van der Waals surface area contributed by atoms with Crippen molar-refractivity contribution >= 4 is 11.9 Å². The highest BCUT2D eigenvalue weighted by Gasteiger charge is 2.34. The van der Waals surface area contributed by atoms with Crippen LogP contribution in [0.1, 0.15) is 37.6 Å². The van der Waals surface area contributed by atoms with Gasteiger partial charge in [-0.3, -0.25) is 4.79 Å². The van der Waals surface area contributed by atoms with Gasteiger partial charge in [-0.2, -0.15) is 0 Å². The summed E-state index contributed by atoms with van der Waals surface area (Å²) in [5.41, 5.74) is -0.889. The van der Waals surface area contributed by atoms with E-state index in [-0.39, 0.29) is 12.1 Å². The van der Waals surface area contributed by atoms with Gasteiger partial charge in [-0.25, -0.2) is 18.0 Å². The van der Waals surface area contributed by atoms with E-state index in [1.165, 1.54) is 4.90 Å². The van der Waals surface area contributed by atoms with Crippen LogP contribution in [0.3, 0.4) is 0 Å². The number of ketones is 1. The zero-order chi connectivity index (χ0) is 17.4. The van der Waals surface area contributed by atoms with Gasteiger partial charge in [0.05, 0.1) is 0 Å². The van der Waals surface area contributed by atoms with Crippen molar-refractivity contribution in [1.82, 2.24) is 4.90 Å². The molecular weight excluding hydrogens is 311 g/mol. The second kappa shape index (κ2) is 6.22. The number of benzene rings is 1. The molecule has 7 heteroatoms. The quantitative estimate of drug-likeness (QED) is 0.616. The first kappa shape index (κ1) is 17.3. The lowest BCUT2D eigenvalue weighted by Gasteiger charge is -2.24. The van der Waals surface area contributed by atoms with Gasteiger partial charge in [0.1, 0.15) is 5.60 Å². The Morgan fingerprint density at radius 1 is 1.17 bits per heavy atom. The maximum Gasteiger partial charge on any atom is 0.410 e. The lowest BCUT2D eigenvalue weighted by atomic mass is 9.97. The van der Waals surface area contributed by atoms with Gasteiger partial charge in [0.15, 0.2) is 23.2 Å². The second-order valence-corrected chi connectivity index (χ2v) is 6.53. The van der Waals surface area contributed by atoms with E-state index in [1.54, 1.807) is 20.8 Å². The lowest BCUT2D eigenvalue weighted by molar-refractivity contribution is 0.0289. The zero-order valence-electron chi connectivity index (χ0n) is 13.2. The first-order valence-corrected chi connectivity index (χ1v) is 7.25. The number of hydrogen-bond donors (Lipinski definition) is 0. The standard InChI is InChI=1S/C16H18F3NO3/c1-16(2,3)23-15(22)20-5-4-9(8-20)14(21)10-6-11(17)13(19)12(18)7-10/h6-7,9H,4-5,8H2,1-3H3. The largest absolute Gasteiger partial charge is 0.444 e. The van der Waals surface area contributed by atoms with Gasteiger partial charge in [-0.1, -0.05) is 0 Å². The number of carbonyl (C=O) groups excluding carboxylic acids is 2. The maximum absolute atomic E-state index is 13.2. The first-order chi connectivity index (χ1) is 10.6. The number of amides is 1. The van der Waals surface area contributed by atoms with Crippen molar-refractivity contribution < 1.29 is 27.5 Å². The van der Waals surface area contributed by atoms with Crippen LogP contribution in [-0.4, -0.2) is 35.5 Å². The molecule has 2 rings (SSSR count). The number of carbonyl (C=O) groups is 2. The molecule has 1 aliphatic rings. The van der Waals surface area contributed by atoms with Gasteiger partial charge in [0.25, 0.3) is 0 Å². The third kappa shape index (κ3) is 4.03. The van der Waals surface area contributed by atoms with Gasteiger partial charge < -0.3 is 9.64 Å². The van der Waals surface area contributed by atoms with E-state index in [4.69, 9.17) is 4.74 Å². The minimum Gasteiger partial charge on any atom is -0.444 e. The van der Waals surface area contributed by atoms with Gasteiger partial charge in [0.2, 0.25) is 0 Å². The Bertz CT molecular complexity index is 617. The van der Waals surface area contributed by atoms with Crippen LogP contribution in [-0.2, 0) is 4.74 Å². The summed E-state index contributed by atoms with van der Waals surface area (Å²) in [6.07, 6.45) is -0.178. The molecule has 0 saturated carbocycles. The maximum atomic E-state index is 13.2. The molecule has 0 N–H and O–H groups in total. The topological polar surface area (TPSA) is 46.6 Å². The normalized spacial score (nSPS) is 18.2. The lowest BCUT2D eigenvalue weighted by Crippen LogP contribution is -2.35. The third-order valence-electron chi connectivity index (χ3n) is 3.48. The van der Waals surface area contributed by atoms with Crippen LogP contribution in [0.15, 0.2) is 12.1 Å². The predicted octanol–water partition coefficient (Wildman–Crippen LogP) is 3.54. The van der Waals surface area contributed by atoms with Gasteiger partial charge >= 0.3 is 6.09 Å². The average Bonchev–Trinajstić information content (AvgIpc) is 2.91. The van der Waals surface area contributed by atoms with Crippen molar-refractivity contribution in [2.75, 3.05) is 13.1 Å². The Kier molecular flexibility index (Phi) is 4.68. The molecule has 4 nitrogen and oxygen atoms in total. The highest BCUT2D eigenvalue weighted by atomic mass is 19.2. The van der Waals surface area contributed by atoms with Crippen LogP contribution >= 0.6 is 0 Å². The van der Waals surface area contributed by atoms with Crippen LogP contribution in [0.25, 0.3) is 0 Å². The number of hydrogen-bond acceptors (Lipinski definition) is 3. The van der Waals surface area contributed by atoms with Crippen molar-refractivity contribution in [2.24, 2.45) is 5.92 Å². The van der Waals surface area contributed by atoms with E-state index in [0.29, 0.717) is 25.1 Å². The third-order valence-corrected chi connectivity index (χ3v) is 3.48. The minimum atomic E-state index is -1.61. The van der Waals surface area contributed by atoms with Crippen molar-refractivity contribution in [1.29, 1.82) is 0 Å². The monoisotopic (exact) mass is 329 g/mol. The molecule has 0 aromatic heterocycles. The molecule has 23 heavy (non-hydrogen) atoms. The van der Waals surface area contributed by atoms with E-state index in [2.05, 4.69) is 0 Å². The smallest absolute Gasteiger partial charge is 0.410 e. The number of ether oxygens (including phenoxy) is 1. The van der Waals surface area contributed by atoms with Crippen molar-refractivity contribution in [3.63, 3.8) is 0 Å². The number of rotatable bonds is 2. The molecule has 0 spiro atoms. The molecule has 1 aromatic carbocycles. The van der Waals surface area contributed by atoms with Crippen molar-refractivity contribution in [2.45, 2.75) is 32.8 Å². The molecule has 1 saturated heterocycles. The molecule has 1 atom stereocenters. The summed E-state index contributed by atoms with van der Waals surface area (Å²) in [6, 6.07) is 1.35. The minimum absolute atomic E-state index is 0.106. The predicted molar refractivity (Wildman–Crippen MR) is 76.6 cm³/mol. The van der Waals surface area contributed by atoms with Crippen LogP contribution in [0.2, 0.25) is 0 Å². The molecule has 1 fully saturated rings. The van der Waals surface area contributed by atoms with E-state index < -0.39 is 40.8 Å². The Hall–Kier alpha value is -2.05. The van der Waals surface area contributed by atoms with E-state index in [1.807, 2.05) is 0 Å². The van der Waals surface area contributed by atoms with Crippen LogP contribution < -0.4 is 0 Å². The summed E-state index contributed by atoms with van der Waals surface area (Å²) >= 11 is 0. The Labute approximate surface area is 132 Å². The first-order valence-electron chi connectivity index (χ1n) is 7.25. The van der Waals surface area contributed by atoms with Crippen molar-refractivity contribution in [3.8, 4) is 0 Å². The summed E-state index contributed by atoms with van der Waals surface area (Å²) < 4.78 is 44.6. The summed E-state index contributed by atoms with van der Waals surface area (Å²) in [6.45, 7) is 5.61. The molecule has 0 radical (unpaired) electrons. The molecule has 1 aliphatic heterocycles.